The van der Waals surface area contributed by atoms with Gasteiger partial charge in [0.2, 0.25) is 5.91 Å². The minimum absolute atomic E-state index is 0.0108. The van der Waals surface area contributed by atoms with Crippen molar-refractivity contribution in [3.63, 3.8) is 0 Å². The summed E-state index contributed by atoms with van der Waals surface area (Å²) < 4.78 is 5.50. The van der Waals surface area contributed by atoms with E-state index in [0.717, 1.165) is 11.1 Å². The molecule has 0 saturated carbocycles. The molecule has 0 bridgehead atoms. The molecule has 1 aliphatic carbocycles. The van der Waals surface area contributed by atoms with E-state index < -0.39 is 18.0 Å². The highest BCUT2D eigenvalue weighted by atomic mass is 16.5. The van der Waals surface area contributed by atoms with Crippen LogP contribution in [0.15, 0.2) is 60.2 Å². The number of carboxylic acids is 1. The lowest BCUT2D eigenvalue weighted by molar-refractivity contribution is -0.145. The molecule has 7 heteroatoms. The van der Waals surface area contributed by atoms with Crippen molar-refractivity contribution in [3.05, 3.63) is 71.3 Å². The standard InChI is InChI=1S/C26H28N2O5/c1-17(24(29)28-14-6-7-18(15-28)25(30)31)12-13-27-26(32)33-16-23-21-10-4-2-8-19(21)20-9-3-5-11-22(20)23/h2-5,8-12,18,23H,6-7,13-16H2,1H3,(H,27,32)(H,30,31)/b17-12+. The van der Waals surface area contributed by atoms with Gasteiger partial charge in [0.15, 0.2) is 0 Å². The van der Waals surface area contributed by atoms with Crippen LogP contribution < -0.4 is 5.32 Å². The van der Waals surface area contributed by atoms with Gasteiger partial charge in [0.05, 0.1) is 5.92 Å². The van der Waals surface area contributed by atoms with Crippen LogP contribution in [0.4, 0.5) is 4.79 Å². The Morgan fingerprint density at radius 2 is 1.73 bits per heavy atom. The minimum atomic E-state index is -0.869. The molecule has 0 spiro atoms. The molecule has 2 aromatic rings. The lowest BCUT2D eigenvalue weighted by atomic mass is 9.98. The molecule has 2 aliphatic rings. The Kier molecular flexibility index (Phi) is 6.77. The molecule has 2 amide bonds. The Bertz CT molecular complexity index is 1050. The van der Waals surface area contributed by atoms with Gasteiger partial charge in [-0.15, -0.1) is 0 Å². The van der Waals surface area contributed by atoms with Crippen LogP contribution in [0, 0.1) is 5.92 Å². The highest BCUT2D eigenvalue weighted by Crippen LogP contribution is 2.44. The van der Waals surface area contributed by atoms with Gasteiger partial charge in [0, 0.05) is 31.1 Å². The van der Waals surface area contributed by atoms with E-state index in [1.54, 1.807) is 17.9 Å². The van der Waals surface area contributed by atoms with E-state index in [-0.39, 0.29) is 31.5 Å². The number of nitrogens with one attached hydrogen (secondary N) is 1. The number of hydrogen-bond donors (Lipinski definition) is 2. The number of hydrogen-bond acceptors (Lipinski definition) is 4. The summed E-state index contributed by atoms with van der Waals surface area (Å²) in [4.78, 5) is 37.7. The first-order valence-electron chi connectivity index (χ1n) is 11.2. The fourth-order valence-electron chi connectivity index (χ4n) is 4.64. The van der Waals surface area contributed by atoms with Gasteiger partial charge in [-0.1, -0.05) is 54.6 Å². The van der Waals surface area contributed by atoms with Crippen molar-refractivity contribution >= 4 is 18.0 Å². The van der Waals surface area contributed by atoms with E-state index in [1.807, 2.05) is 24.3 Å². The quantitative estimate of drug-likeness (QED) is 0.656. The van der Waals surface area contributed by atoms with E-state index >= 15 is 0 Å². The third kappa shape index (κ3) is 4.92. The fourth-order valence-corrected chi connectivity index (χ4v) is 4.64. The number of carbonyl (C=O) groups is 3. The molecule has 1 heterocycles. The lowest BCUT2D eigenvalue weighted by Gasteiger charge is -2.31. The monoisotopic (exact) mass is 448 g/mol. The van der Waals surface area contributed by atoms with E-state index in [2.05, 4.69) is 29.6 Å². The molecule has 33 heavy (non-hydrogen) atoms. The average Bonchev–Trinajstić information content (AvgIpc) is 3.16. The number of piperidine rings is 1. The zero-order valence-electron chi connectivity index (χ0n) is 18.6. The van der Waals surface area contributed by atoms with Crippen molar-refractivity contribution in [2.24, 2.45) is 5.92 Å². The number of carbonyl (C=O) groups excluding carboxylic acids is 2. The maximum atomic E-state index is 12.6. The van der Waals surface area contributed by atoms with Crippen LogP contribution in [0.25, 0.3) is 11.1 Å². The van der Waals surface area contributed by atoms with Gasteiger partial charge in [0.1, 0.15) is 6.61 Å². The molecule has 1 fully saturated rings. The number of alkyl carbamates (subject to hydrolysis) is 1. The van der Waals surface area contributed by atoms with Crippen LogP contribution >= 0.6 is 0 Å². The van der Waals surface area contributed by atoms with Crippen LogP contribution in [-0.2, 0) is 14.3 Å². The molecule has 0 aromatic heterocycles. The van der Waals surface area contributed by atoms with Crippen molar-refractivity contribution in [2.45, 2.75) is 25.7 Å². The number of fused-ring (bicyclic) bond motifs is 3. The fraction of sp³-hybridized carbons (Fsp3) is 0.346. The summed E-state index contributed by atoms with van der Waals surface area (Å²) in [5.41, 5.74) is 5.10. The molecule has 1 unspecified atom stereocenters. The third-order valence-electron chi connectivity index (χ3n) is 6.39. The van der Waals surface area contributed by atoms with Gasteiger partial charge in [-0.3, -0.25) is 9.59 Å². The summed E-state index contributed by atoms with van der Waals surface area (Å²) in [6.45, 7) is 2.83. The molecule has 2 aromatic carbocycles. The number of aliphatic carboxylic acids is 1. The Labute approximate surface area is 193 Å². The topological polar surface area (TPSA) is 95.9 Å². The predicted octanol–water partition coefficient (Wildman–Crippen LogP) is 3.79. The van der Waals surface area contributed by atoms with E-state index in [4.69, 9.17) is 4.74 Å². The van der Waals surface area contributed by atoms with E-state index in [0.29, 0.717) is 25.0 Å². The number of likely N-dealkylation sites (tertiary alicyclic amines) is 1. The second-order valence-corrected chi connectivity index (χ2v) is 8.52. The molecule has 1 saturated heterocycles. The molecule has 1 aliphatic heterocycles. The first kappa shape index (κ1) is 22.6. The summed E-state index contributed by atoms with van der Waals surface area (Å²) >= 11 is 0. The van der Waals surface area contributed by atoms with Crippen LogP contribution in [-0.4, -0.2) is 54.2 Å². The van der Waals surface area contributed by atoms with Gasteiger partial charge >= 0.3 is 12.1 Å². The predicted molar refractivity (Wildman–Crippen MR) is 124 cm³/mol. The van der Waals surface area contributed by atoms with Crippen LogP contribution in [0.1, 0.15) is 36.8 Å². The van der Waals surface area contributed by atoms with Crippen LogP contribution in [0.2, 0.25) is 0 Å². The molecular formula is C26H28N2O5. The average molecular weight is 449 g/mol. The summed E-state index contributed by atoms with van der Waals surface area (Å²) in [7, 11) is 0. The number of benzene rings is 2. The van der Waals surface area contributed by atoms with Crippen molar-refractivity contribution in [1.82, 2.24) is 10.2 Å². The Morgan fingerprint density at radius 3 is 2.36 bits per heavy atom. The van der Waals surface area contributed by atoms with Crippen molar-refractivity contribution in [3.8, 4) is 11.1 Å². The highest BCUT2D eigenvalue weighted by molar-refractivity contribution is 5.93. The third-order valence-corrected chi connectivity index (χ3v) is 6.39. The molecule has 172 valence electrons. The van der Waals surface area contributed by atoms with Crippen molar-refractivity contribution in [1.29, 1.82) is 0 Å². The smallest absolute Gasteiger partial charge is 0.407 e. The lowest BCUT2D eigenvalue weighted by Crippen LogP contribution is -2.42. The number of ether oxygens (including phenoxy) is 1. The molecule has 4 rings (SSSR count). The number of amides is 2. The van der Waals surface area contributed by atoms with Gasteiger partial charge < -0.3 is 20.1 Å². The minimum Gasteiger partial charge on any atom is -0.481 e. The van der Waals surface area contributed by atoms with E-state index in [1.165, 1.54) is 11.1 Å². The van der Waals surface area contributed by atoms with Crippen LogP contribution in [0.3, 0.4) is 0 Å². The first-order valence-corrected chi connectivity index (χ1v) is 11.2. The molecule has 0 radical (unpaired) electrons. The SMILES string of the molecule is C/C(=C\CNC(=O)OCC1c2ccccc2-c2ccccc21)C(=O)N1CCCC(C(=O)O)C1. The zero-order valence-corrected chi connectivity index (χ0v) is 18.6. The second-order valence-electron chi connectivity index (χ2n) is 8.52. The molecule has 7 nitrogen and oxygen atoms in total. The molecule has 2 N–H and O–H groups in total. The summed E-state index contributed by atoms with van der Waals surface area (Å²) in [6.07, 6.45) is 2.35. The van der Waals surface area contributed by atoms with Gasteiger partial charge in [-0.2, -0.15) is 0 Å². The van der Waals surface area contributed by atoms with Gasteiger partial charge in [0.25, 0.3) is 0 Å². The second kappa shape index (κ2) is 9.90. The Morgan fingerprint density at radius 1 is 1.09 bits per heavy atom. The normalized spacial score (nSPS) is 17.8. The summed E-state index contributed by atoms with van der Waals surface area (Å²) in [5.74, 6) is -1.60. The summed E-state index contributed by atoms with van der Waals surface area (Å²) in [5, 5.41) is 11.9. The van der Waals surface area contributed by atoms with Gasteiger partial charge in [-0.25, -0.2) is 4.79 Å². The number of carboxylic acid groups (broad SMARTS) is 1. The Balaban J connectivity index is 1.29. The van der Waals surface area contributed by atoms with Crippen molar-refractivity contribution < 1.29 is 24.2 Å². The van der Waals surface area contributed by atoms with Crippen molar-refractivity contribution in [2.75, 3.05) is 26.2 Å². The number of rotatable bonds is 6. The van der Waals surface area contributed by atoms with E-state index in [9.17, 15) is 19.5 Å². The maximum Gasteiger partial charge on any atom is 0.407 e. The zero-order chi connectivity index (χ0) is 23.4. The van der Waals surface area contributed by atoms with Crippen LogP contribution in [0.5, 0.6) is 0 Å². The van der Waals surface area contributed by atoms with Gasteiger partial charge in [-0.05, 0) is 42.0 Å². The maximum absolute atomic E-state index is 12.6. The largest absolute Gasteiger partial charge is 0.481 e. The molecular weight excluding hydrogens is 420 g/mol. The first-order chi connectivity index (χ1) is 16.0. The Hall–Kier alpha value is -3.61. The highest BCUT2D eigenvalue weighted by Gasteiger charge is 2.30. The number of nitrogens with zero attached hydrogens (tertiary/aromatic N) is 1. The molecule has 1 atom stereocenters. The summed E-state index contributed by atoms with van der Waals surface area (Å²) in [6, 6.07) is 16.3.